The molecule has 2 heterocycles. The molecule has 0 spiro atoms. The van der Waals surface area contributed by atoms with Gasteiger partial charge in [0.1, 0.15) is 5.69 Å². The van der Waals surface area contributed by atoms with Crippen LogP contribution >= 0.6 is 0 Å². The molecule has 0 radical (unpaired) electrons. The molecule has 1 aromatic heterocycles. The Morgan fingerprint density at radius 2 is 1.68 bits per heavy atom. The summed E-state index contributed by atoms with van der Waals surface area (Å²) in [5, 5.41) is 0. The minimum atomic E-state index is -4.58. The quantitative estimate of drug-likeness (QED) is 0.688. The molecule has 1 amide bonds. The summed E-state index contributed by atoms with van der Waals surface area (Å²) in [7, 11) is -3.69. The van der Waals surface area contributed by atoms with E-state index in [0.717, 1.165) is 30.3 Å². The van der Waals surface area contributed by atoms with Gasteiger partial charge < -0.3 is 4.90 Å². The standard InChI is InChI=1S/C21H24F3N3O3S/c1-3-15(2)16-4-7-18(8-5-16)31(29,30)27-12-10-26(11-13-27)20(28)17-6-9-19(25-14-17)21(22,23)24/h4-9,14-15H,3,10-13H2,1-2H3. The Balaban J connectivity index is 1.65. The van der Waals surface area contributed by atoms with Crippen molar-refractivity contribution in [2.24, 2.45) is 0 Å². The third kappa shape index (κ3) is 5.07. The van der Waals surface area contributed by atoms with Gasteiger partial charge in [0.25, 0.3) is 5.91 Å². The van der Waals surface area contributed by atoms with Gasteiger partial charge in [-0.05, 0) is 42.2 Å². The number of sulfonamides is 1. The van der Waals surface area contributed by atoms with Gasteiger partial charge in [-0.2, -0.15) is 17.5 Å². The first kappa shape index (κ1) is 23.2. The monoisotopic (exact) mass is 455 g/mol. The second kappa shape index (κ2) is 8.96. The third-order valence-electron chi connectivity index (χ3n) is 5.53. The van der Waals surface area contributed by atoms with Gasteiger partial charge in [-0.3, -0.25) is 9.78 Å². The van der Waals surface area contributed by atoms with Crippen LogP contribution in [0.15, 0.2) is 47.5 Å². The maximum atomic E-state index is 12.9. The lowest BCUT2D eigenvalue weighted by atomic mass is 9.99. The number of alkyl halides is 3. The predicted molar refractivity (Wildman–Crippen MR) is 109 cm³/mol. The lowest BCUT2D eigenvalue weighted by molar-refractivity contribution is -0.141. The molecule has 1 aromatic carbocycles. The van der Waals surface area contributed by atoms with E-state index in [1.807, 2.05) is 12.1 Å². The number of carbonyl (C=O) groups excluding carboxylic acids is 1. The molecule has 10 heteroatoms. The highest BCUT2D eigenvalue weighted by Gasteiger charge is 2.33. The lowest BCUT2D eigenvalue weighted by Crippen LogP contribution is -2.50. The van der Waals surface area contributed by atoms with Gasteiger partial charge in [-0.25, -0.2) is 8.42 Å². The smallest absolute Gasteiger partial charge is 0.336 e. The maximum Gasteiger partial charge on any atom is 0.433 e. The fraction of sp³-hybridized carbons (Fsp3) is 0.429. The zero-order valence-electron chi connectivity index (χ0n) is 17.3. The molecule has 0 bridgehead atoms. The normalized spacial score (nSPS) is 16.9. The number of carbonyl (C=O) groups is 1. The largest absolute Gasteiger partial charge is 0.433 e. The number of benzene rings is 1. The van der Waals surface area contributed by atoms with E-state index in [4.69, 9.17) is 0 Å². The number of hydrogen-bond acceptors (Lipinski definition) is 4. The SMILES string of the molecule is CCC(C)c1ccc(S(=O)(=O)N2CCN(C(=O)c3ccc(C(F)(F)F)nc3)CC2)cc1. The summed E-state index contributed by atoms with van der Waals surface area (Å²) in [5.74, 6) is -0.137. The number of hydrogen-bond donors (Lipinski definition) is 0. The van der Waals surface area contributed by atoms with Crippen LogP contribution in [0.2, 0.25) is 0 Å². The van der Waals surface area contributed by atoms with Gasteiger partial charge in [0.05, 0.1) is 10.5 Å². The lowest BCUT2D eigenvalue weighted by Gasteiger charge is -2.34. The number of pyridine rings is 1. The van der Waals surface area contributed by atoms with E-state index in [1.165, 1.54) is 9.21 Å². The van der Waals surface area contributed by atoms with Crippen LogP contribution in [-0.4, -0.2) is 54.7 Å². The Kier molecular flexibility index (Phi) is 6.70. The van der Waals surface area contributed by atoms with Gasteiger partial charge in [0.15, 0.2) is 0 Å². The third-order valence-corrected chi connectivity index (χ3v) is 7.44. The highest BCUT2D eigenvalue weighted by molar-refractivity contribution is 7.89. The van der Waals surface area contributed by atoms with E-state index in [0.29, 0.717) is 5.92 Å². The van der Waals surface area contributed by atoms with E-state index in [2.05, 4.69) is 18.8 Å². The molecule has 1 unspecified atom stereocenters. The average molecular weight is 456 g/mol. The van der Waals surface area contributed by atoms with Gasteiger partial charge >= 0.3 is 6.18 Å². The molecule has 1 aliphatic heterocycles. The molecule has 0 saturated carbocycles. The van der Waals surface area contributed by atoms with Crippen molar-refractivity contribution < 1.29 is 26.4 Å². The van der Waals surface area contributed by atoms with E-state index in [-0.39, 0.29) is 36.6 Å². The highest BCUT2D eigenvalue weighted by atomic mass is 32.2. The number of rotatable bonds is 5. The molecule has 0 N–H and O–H groups in total. The highest BCUT2D eigenvalue weighted by Crippen LogP contribution is 2.27. The Hall–Kier alpha value is -2.46. The summed E-state index contributed by atoms with van der Waals surface area (Å²) in [6.07, 6.45) is -2.72. The fourth-order valence-electron chi connectivity index (χ4n) is 3.36. The van der Waals surface area contributed by atoms with Crippen LogP contribution < -0.4 is 0 Å². The number of nitrogens with zero attached hydrogens (tertiary/aromatic N) is 3. The molecule has 3 rings (SSSR count). The summed E-state index contributed by atoms with van der Waals surface area (Å²) in [6, 6.07) is 8.68. The Bertz CT molecular complexity index is 1010. The molecule has 1 fully saturated rings. The summed E-state index contributed by atoms with van der Waals surface area (Å²) in [6.45, 7) is 4.64. The van der Waals surface area contributed by atoms with Crippen LogP contribution in [0.3, 0.4) is 0 Å². The molecule has 6 nitrogen and oxygen atoms in total. The van der Waals surface area contributed by atoms with Gasteiger partial charge in [0, 0.05) is 32.4 Å². The molecule has 1 saturated heterocycles. The zero-order chi connectivity index (χ0) is 22.8. The first-order chi connectivity index (χ1) is 14.5. The summed E-state index contributed by atoms with van der Waals surface area (Å²) >= 11 is 0. The molecule has 2 aromatic rings. The summed E-state index contributed by atoms with van der Waals surface area (Å²) < 4.78 is 65.1. The van der Waals surface area contributed by atoms with Crippen molar-refractivity contribution in [2.75, 3.05) is 26.2 Å². The van der Waals surface area contributed by atoms with E-state index >= 15 is 0 Å². The molecule has 0 aliphatic carbocycles. The molecule has 31 heavy (non-hydrogen) atoms. The van der Waals surface area contributed by atoms with Crippen molar-refractivity contribution >= 4 is 15.9 Å². The van der Waals surface area contributed by atoms with Crippen LogP contribution in [0.25, 0.3) is 0 Å². The molecule has 1 atom stereocenters. The van der Waals surface area contributed by atoms with Crippen molar-refractivity contribution in [3.05, 3.63) is 59.4 Å². The second-order valence-corrected chi connectivity index (χ2v) is 9.44. The minimum absolute atomic E-state index is 0.0324. The number of aromatic nitrogens is 1. The van der Waals surface area contributed by atoms with Crippen LogP contribution in [0.4, 0.5) is 13.2 Å². The molecule has 1 aliphatic rings. The Morgan fingerprint density at radius 1 is 1.06 bits per heavy atom. The average Bonchev–Trinajstić information content (AvgIpc) is 2.77. The van der Waals surface area contributed by atoms with E-state index < -0.39 is 27.8 Å². The Labute approximate surface area is 179 Å². The van der Waals surface area contributed by atoms with Crippen LogP contribution in [-0.2, 0) is 16.2 Å². The first-order valence-electron chi connectivity index (χ1n) is 9.96. The molecule has 168 valence electrons. The predicted octanol–water partition coefficient (Wildman–Crippen LogP) is 3.76. The van der Waals surface area contributed by atoms with Crippen LogP contribution in [0.5, 0.6) is 0 Å². The molecular weight excluding hydrogens is 431 g/mol. The van der Waals surface area contributed by atoms with Crippen molar-refractivity contribution in [1.82, 2.24) is 14.2 Å². The van der Waals surface area contributed by atoms with Gasteiger partial charge in [0.2, 0.25) is 10.0 Å². The second-order valence-electron chi connectivity index (χ2n) is 7.50. The van der Waals surface area contributed by atoms with Crippen LogP contribution in [0.1, 0.15) is 47.8 Å². The fourth-order valence-corrected chi connectivity index (χ4v) is 4.78. The minimum Gasteiger partial charge on any atom is -0.336 e. The number of amides is 1. The zero-order valence-corrected chi connectivity index (χ0v) is 18.1. The first-order valence-corrected chi connectivity index (χ1v) is 11.4. The van der Waals surface area contributed by atoms with Gasteiger partial charge in [-0.1, -0.05) is 26.0 Å². The van der Waals surface area contributed by atoms with Crippen LogP contribution in [0, 0.1) is 0 Å². The van der Waals surface area contributed by atoms with Crippen molar-refractivity contribution in [1.29, 1.82) is 0 Å². The number of piperazine rings is 1. The number of halogens is 3. The van der Waals surface area contributed by atoms with E-state index in [1.54, 1.807) is 12.1 Å². The molecular formula is C21H24F3N3O3S. The van der Waals surface area contributed by atoms with Crippen molar-refractivity contribution in [3.63, 3.8) is 0 Å². The van der Waals surface area contributed by atoms with E-state index in [9.17, 15) is 26.4 Å². The van der Waals surface area contributed by atoms with Gasteiger partial charge in [-0.15, -0.1) is 0 Å². The Morgan fingerprint density at radius 3 is 2.16 bits per heavy atom. The van der Waals surface area contributed by atoms with Crippen molar-refractivity contribution in [2.45, 2.75) is 37.3 Å². The maximum absolute atomic E-state index is 12.9. The van der Waals surface area contributed by atoms with Crippen molar-refractivity contribution in [3.8, 4) is 0 Å². The topological polar surface area (TPSA) is 70.6 Å². The summed E-state index contributed by atoms with van der Waals surface area (Å²) in [5.41, 5.74) is 0.0336. The summed E-state index contributed by atoms with van der Waals surface area (Å²) in [4.78, 5) is 17.5.